The lowest BCUT2D eigenvalue weighted by molar-refractivity contribution is -0.145. The van der Waals surface area contributed by atoms with Gasteiger partial charge >= 0.3 is 5.97 Å². The average molecular weight is 461 g/mol. The Bertz CT molecular complexity index is 651. The van der Waals surface area contributed by atoms with Crippen molar-refractivity contribution >= 4 is 5.97 Å². The molecule has 0 bridgehead atoms. The van der Waals surface area contributed by atoms with E-state index < -0.39 is 6.10 Å². The number of aliphatic hydroxyl groups excluding tert-OH is 1. The van der Waals surface area contributed by atoms with E-state index in [9.17, 15) is 9.90 Å². The summed E-state index contributed by atoms with van der Waals surface area (Å²) < 4.78 is 5.59. The van der Waals surface area contributed by atoms with Gasteiger partial charge in [0, 0.05) is 6.42 Å². The second-order valence-corrected chi connectivity index (χ2v) is 12.5. The molecule has 0 spiro atoms. The highest BCUT2D eigenvalue weighted by molar-refractivity contribution is 5.69. The number of carbonyl (C=O) groups is 1. The topological polar surface area (TPSA) is 46.5 Å². The first-order chi connectivity index (χ1) is 15.3. The Morgan fingerprint density at radius 1 is 0.848 bits per heavy atom. The molecule has 0 amide bonds. The van der Waals surface area contributed by atoms with Crippen molar-refractivity contribution in [1.29, 1.82) is 0 Å². The van der Waals surface area contributed by atoms with E-state index >= 15 is 0 Å². The van der Waals surface area contributed by atoms with Crippen molar-refractivity contribution in [1.82, 2.24) is 0 Å². The third-order valence-corrected chi connectivity index (χ3v) is 7.00. The van der Waals surface area contributed by atoms with Crippen LogP contribution in [-0.4, -0.2) is 23.8 Å². The average Bonchev–Trinajstić information content (AvgIpc) is 2.70. The van der Waals surface area contributed by atoms with Gasteiger partial charge in [0.25, 0.3) is 0 Å². The van der Waals surface area contributed by atoms with Crippen molar-refractivity contribution in [3.63, 3.8) is 0 Å². The van der Waals surface area contributed by atoms with Gasteiger partial charge in [0.1, 0.15) is 0 Å². The summed E-state index contributed by atoms with van der Waals surface area (Å²) in [6, 6.07) is 10.0. The van der Waals surface area contributed by atoms with E-state index in [0.717, 1.165) is 24.3 Å². The molecule has 0 aromatic heterocycles. The molecule has 3 nitrogen and oxygen atoms in total. The number of ether oxygens (including phenoxy) is 1. The third-order valence-electron chi connectivity index (χ3n) is 7.00. The number of esters is 1. The smallest absolute Gasteiger partial charge is 0.306 e. The second-order valence-electron chi connectivity index (χ2n) is 12.5. The molecule has 33 heavy (non-hydrogen) atoms. The maximum absolute atomic E-state index is 12.3. The first-order valence-corrected chi connectivity index (χ1v) is 13.2. The van der Waals surface area contributed by atoms with Gasteiger partial charge in [-0.3, -0.25) is 4.79 Å². The summed E-state index contributed by atoms with van der Waals surface area (Å²) in [5.74, 6) is 0.919. The van der Waals surface area contributed by atoms with Crippen LogP contribution in [0.2, 0.25) is 0 Å². The normalized spacial score (nSPS) is 15.3. The number of hydrogen-bond acceptors (Lipinski definition) is 3. The minimum Gasteiger partial charge on any atom is -0.466 e. The fourth-order valence-electron chi connectivity index (χ4n) is 4.87. The molecule has 190 valence electrons. The fourth-order valence-corrected chi connectivity index (χ4v) is 4.87. The maximum Gasteiger partial charge on any atom is 0.306 e. The summed E-state index contributed by atoms with van der Waals surface area (Å²) in [5.41, 5.74) is 1.13. The van der Waals surface area contributed by atoms with E-state index in [1.807, 2.05) is 30.3 Å². The predicted molar refractivity (Wildman–Crippen MR) is 140 cm³/mol. The molecular formula is C30H52O3. The lowest BCUT2D eigenvalue weighted by Crippen LogP contribution is -2.43. The van der Waals surface area contributed by atoms with Crippen LogP contribution in [0.5, 0.6) is 0 Å². The van der Waals surface area contributed by atoms with Crippen LogP contribution < -0.4 is 0 Å². The summed E-state index contributed by atoms with van der Waals surface area (Å²) in [6.07, 6.45) is 7.39. The van der Waals surface area contributed by atoms with Crippen LogP contribution in [-0.2, 0) is 16.0 Å². The van der Waals surface area contributed by atoms with Crippen LogP contribution in [0.15, 0.2) is 30.3 Å². The van der Waals surface area contributed by atoms with E-state index in [1.54, 1.807) is 0 Å². The van der Waals surface area contributed by atoms with Crippen LogP contribution in [0, 0.1) is 28.6 Å². The molecule has 0 aliphatic rings. The highest BCUT2D eigenvalue weighted by Gasteiger charge is 2.40. The molecule has 0 saturated carbocycles. The summed E-state index contributed by atoms with van der Waals surface area (Å²) in [7, 11) is 0. The zero-order chi connectivity index (χ0) is 25.1. The zero-order valence-electron chi connectivity index (χ0n) is 22.8. The van der Waals surface area contributed by atoms with Crippen LogP contribution in [0.1, 0.15) is 106 Å². The number of carbonyl (C=O) groups excluding carboxylic acids is 1. The summed E-state index contributed by atoms with van der Waals surface area (Å²) in [4.78, 5) is 12.3. The first-order valence-electron chi connectivity index (χ1n) is 13.2. The number of benzene rings is 1. The molecule has 1 aromatic carbocycles. The summed E-state index contributed by atoms with van der Waals surface area (Å²) >= 11 is 0. The third kappa shape index (κ3) is 12.1. The predicted octanol–water partition coefficient (Wildman–Crippen LogP) is 7.84. The van der Waals surface area contributed by atoms with Crippen molar-refractivity contribution in [2.45, 2.75) is 113 Å². The van der Waals surface area contributed by atoms with E-state index in [2.05, 4.69) is 55.4 Å². The number of rotatable bonds is 14. The molecule has 0 aliphatic heterocycles. The lowest BCUT2D eigenvalue weighted by atomic mass is 9.65. The quantitative estimate of drug-likeness (QED) is 0.227. The van der Waals surface area contributed by atoms with Crippen LogP contribution in [0.25, 0.3) is 0 Å². The van der Waals surface area contributed by atoms with Crippen molar-refractivity contribution in [3.8, 4) is 0 Å². The van der Waals surface area contributed by atoms with Crippen molar-refractivity contribution in [3.05, 3.63) is 35.9 Å². The van der Waals surface area contributed by atoms with Gasteiger partial charge in [0.15, 0.2) is 0 Å². The van der Waals surface area contributed by atoms with E-state index in [0.29, 0.717) is 25.9 Å². The molecule has 1 N–H and O–H groups in total. The molecule has 0 saturated heterocycles. The Kier molecular flexibility index (Phi) is 12.7. The lowest BCUT2D eigenvalue weighted by Gasteiger charge is -2.43. The minimum atomic E-state index is -0.405. The Hall–Kier alpha value is -1.35. The van der Waals surface area contributed by atoms with E-state index in [-0.39, 0.29) is 28.6 Å². The molecule has 0 aliphatic carbocycles. The van der Waals surface area contributed by atoms with Gasteiger partial charge in [-0.2, -0.15) is 0 Å². The highest BCUT2D eigenvalue weighted by Crippen LogP contribution is 2.42. The highest BCUT2D eigenvalue weighted by atomic mass is 16.5. The maximum atomic E-state index is 12.3. The SMILES string of the molecule is CC(C)CCCCCC(C(O)C(CCOC(=O)CCc1ccccc1)C(C)(C)C)C(C)(C)C. The minimum absolute atomic E-state index is 0.0350. The zero-order valence-corrected chi connectivity index (χ0v) is 22.8. The van der Waals surface area contributed by atoms with Gasteiger partial charge in [-0.15, -0.1) is 0 Å². The molecule has 3 unspecified atom stereocenters. The Labute approximate surface area is 204 Å². The Morgan fingerprint density at radius 2 is 1.39 bits per heavy atom. The van der Waals surface area contributed by atoms with Gasteiger partial charge < -0.3 is 9.84 Å². The monoisotopic (exact) mass is 460 g/mol. The molecule has 0 fully saturated rings. The molecule has 1 rings (SSSR count). The molecular weight excluding hydrogens is 408 g/mol. The van der Waals surface area contributed by atoms with Gasteiger partial charge in [-0.05, 0) is 53.4 Å². The second kappa shape index (κ2) is 14.1. The van der Waals surface area contributed by atoms with E-state index in [1.165, 1.54) is 19.3 Å². The van der Waals surface area contributed by atoms with Gasteiger partial charge in [-0.1, -0.05) is 111 Å². The first kappa shape index (κ1) is 29.7. The molecule has 3 heteroatoms. The molecule has 0 radical (unpaired) electrons. The van der Waals surface area contributed by atoms with Crippen LogP contribution >= 0.6 is 0 Å². The summed E-state index contributed by atoms with van der Waals surface area (Å²) in [6.45, 7) is 18.3. The summed E-state index contributed by atoms with van der Waals surface area (Å²) in [5, 5.41) is 11.6. The number of unbranched alkanes of at least 4 members (excludes halogenated alkanes) is 2. The largest absolute Gasteiger partial charge is 0.466 e. The number of aliphatic hydroxyl groups is 1. The van der Waals surface area contributed by atoms with Crippen molar-refractivity contribution in [2.75, 3.05) is 6.61 Å². The molecule has 0 heterocycles. The molecule has 1 aromatic rings. The number of aryl methyl sites for hydroxylation is 1. The van der Waals surface area contributed by atoms with Crippen molar-refractivity contribution in [2.24, 2.45) is 28.6 Å². The van der Waals surface area contributed by atoms with Crippen molar-refractivity contribution < 1.29 is 14.6 Å². The standard InChI is InChI=1S/C30H52O3/c1-23(2)15-11-9-14-18-25(29(3,4)5)28(32)26(30(6,7)8)21-22-33-27(31)20-19-24-16-12-10-13-17-24/h10,12-13,16-17,23,25-26,28,32H,9,11,14-15,18-22H2,1-8H3. The Balaban J connectivity index is 2.64. The Morgan fingerprint density at radius 3 is 1.94 bits per heavy atom. The van der Waals surface area contributed by atoms with Gasteiger partial charge in [-0.25, -0.2) is 0 Å². The molecule has 3 atom stereocenters. The van der Waals surface area contributed by atoms with Gasteiger partial charge in [0.05, 0.1) is 12.7 Å². The van der Waals surface area contributed by atoms with Crippen LogP contribution in [0.3, 0.4) is 0 Å². The fraction of sp³-hybridized carbons (Fsp3) is 0.767. The van der Waals surface area contributed by atoms with Gasteiger partial charge in [0.2, 0.25) is 0 Å². The van der Waals surface area contributed by atoms with E-state index in [4.69, 9.17) is 4.74 Å². The number of hydrogen-bond donors (Lipinski definition) is 1. The van der Waals surface area contributed by atoms with Crippen LogP contribution in [0.4, 0.5) is 0 Å².